The van der Waals surface area contributed by atoms with E-state index < -0.39 is 0 Å². The van der Waals surface area contributed by atoms with E-state index in [1.165, 1.54) is 103 Å². The highest BCUT2D eigenvalue weighted by atomic mass is 16.2. The number of nitrogens with one attached hydrogen (secondary N) is 2. The van der Waals surface area contributed by atoms with Gasteiger partial charge in [-0.3, -0.25) is 9.59 Å². The maximum atomic E-state index is 12.5. The Morgan fingerprint density at radius 2 is 0.750 bits per heavy atom. The van der Waals surface area contributed by atoms with Crippen molar-refractivity contribution in [3.63, 3.8) is 0 Å². The van der Waals surface area contributed by atoms with Gasteiger partial charge in [-0.25, -0.2) is 0 Å². The van der Waals surface area contributed by atoms with Crippen molar-refractivity contribution in [2.75, 3.05) is 0 Å². The molecule has 0 bridgehead atoms. The van der Waals surface area contributed by atoms with E-state index in [1.54, 1.807) is 0 Å². The molecule has 0 heterocycles. The number of hydrogen-bond acceptors (Lipinski definition) is 2. The van der Waals surface area contributed by atoms with E-state index in [1.807, 2.05) is 0 Å². The number of rotatable bonds is 24. The molecule has 4 heteroatoms. The Hall–Kier alpha value is -1.06. The van der Waals surface area contributed by atoms with Crippen LogP contribution in [0.5, 0.6) is 0 Å². The van der Waals surface area contributed by atoms with Crippen molar-refractivity contribution in [1.29, 1.82) is 0 Å². The zero-order chi connectivity index (χ0) is 26.1. The number of carbonyl (C=O) groups excluding carboxylic acids is 2. The molecular formula is C32H62N2O2. The molecule has 0 saturated heterocycles. The molecule has 4 nitrogen and oxygen atoms in total. The Balaban J connectivity index is 2.07. The second-order valence-corrected chi connectivity index (χ2v) is 11.5. The fraction of sp³-hybridized carbons (Fsp3) is 0.938. The van der Waals surface area contributed by atoms with Gasteiger partial charge in [0.1, 0.15) is 0 Å². The van der Waals surface area contributed by atoms with Crippen LogP contribution in [0.1, 0.15) is 181 Å². The van der Waals surface area contributed by atoms with Crippen LogP contribution in [-0.4, -0.2) is 23.9 Å². The molecule has 212 valence electrons. The van der Waals surface area contributed by atoms with Gasteiger partial charge in [0.25, 0.3) is 0 Å². The second kappa shape index (κ2) is 24.3. The summed E-state index contributed by atoms with van der Waals surface area (Å²) in [6, 6.07) is 0.233. The van der Waals surface area contributed by atoms with Crippen LogP contribution in [0, 0.1) is 0 Å². The first-order chi connectivity index (χ1) is 17.7. The van der Waals surface area contributed by atoms with Crippen molar-refractivity contribution in [3.8, 4) is 0 Å². The Morgan fingerprint density at radius 3 is 1.06 bits per heavy atom. The third kappa shape index (κ3) is 19.1. The van der Waals surface area contributed by atoms with E-state index in [2.05, 4.69) is 24.5 Å². The topological polar surface area (TPSA) is 58.2 Å². The average molecular weight is 507 g/mol. The fourth-order valence-corrected chi connectivity index (χ4v) is 5.58. The molecule has 2 N–H and O–H groups in total. The Bertz CT molecular complexity index is 476. The van der Waals surface area contributed by atoms with Gasteiger partial charge in [0.15, 0.2) is 0 Å². The van der Waals surface area contributed by atoms with Gasteiger partial charge < -0.3 is 10.6 Å². The molecule has 0 aromatic rings. The highest BCUT2D eigenvalue weighted by Crippen LogP contribution is 2.20. The van der Waals surface area contributed by atoms with Crippen LogP contribution in [0.3, 0.4) is 0 Å². The number of carbonyl (C=O) groups is 2. The Labute approximate surface area is 224 Å². The van der Waals surface area contributed by atoms with Gasteiger partial charge in [-0.15, -0.1) is 0 Å². The van der Waals surface area contributed by atoms with E-state index in [9.17, 15) is 9.59 Å². The highest BCUT2D eigenvalue weighted by molar-refractivity contribution is 5.77. The lowest BCUT2D eigenvalue weighted by Crippen LogP contribution is -2.53. The van der Waals surface area contributed by atoms with Crippen LogP contribution in [0.2, 0.25) is 0 Å². The summed E-state index contributed by atoms with van der Waals surface area (Å²) in [5.74, 6) is 0.353. The first-order valence-electron chi connectivity index (χ1n) is 16.3. The Kier molecular flexibility index (Phi) is 22.2. The van der Waals surface area contributed by atoms with Gasteiger partial charge in [0, 0.05) is 24.9 Å². The first kappa shape index (κ1) is 33.0. The molecular weight excluding hydrogens is 444 g/mol. The van der Waals surface area contributed by atoms with Crippen LogP contribution in [0.15, 0.2) is 0 Å². The van der Waals surface area contributed by atoms with E-state index >= 15 is 0 Å². The predicted octanol–water partition coefficient (Wildman–Crippen LogP) is 9.15. The SMILES string of the molecule is CCCCCCCCCCCCC(=O)N[C@@H]1CCCC[C@H]1NC(=O)CCCCCCCCCCCC. The van der Waals surface area contributed by atoms with Gasteiger partial charge in [-0.2, -0.15) is 0 Å². The maximum absolute atomic E-state index is 12.5. The quantitative estimate of drug-likeness (QED) is 0.128. The molecule has 1 rings (SSSR count). The molecule has 2 amide bonds. The van der Waals surface area contributed by atoms with Crippen LogP contribution in [0.4, 0.5) is 0 Å². The van der Waals surface area contributed by atoms with E-state index in [4.69, 9.17) is 0 Å². The first-order valence-corrected chi connectivity index (χ1v) is 16.3. The molecule has 1 saturated carbocycles. The zero-order valence-electron chi connectivity index (χ0n) is 24.4. The maximum Gasteiger partial charge on any atom is 0.220 e. The van der Waals surface area contributed by atoms with Crippen molar-refractivity contribution < 1.29 is 9.59 Å². The van der Waals surface area contributed by atoms with E-state index in [0.717, 1.165) is 51.4 Å². The monoisotopic (exact) mass is 506 g/mol. The molecule has 1 aliphatic rings. The normalized spacial score (nSPS) is 17.7. The summed E-state index contributed by atoms with van der Waals surface area (Å²) in [4.78, 5) is 25.1. The minimum absolute atomic E-state index is 0.117. The van der Waals surface area contributed by atoms with Crippen molar-refractivity contribution in [3.05, 3.63) is 0 Å². The summed E-state index contributed by atoms with van der Waals surface area (Å²) in [7, 11) is 0. The molecule has 0 aliphatic heterocycles. The lowest BCUT2D eigenvalue weighted by molar-refractivity contribution is -0.125. The number of amides is 2. The third-order valence-corrected chi connectivity index (χ3v) is 7.97. The minimum atomic E-state index is 0.117. The predicted molar refractivity (Wildman–Crippen MR) is 155 cm³/mol. The zero-order valence-corrected chi connectivity index (χ0v) is 24.4. The van der Waals surface area contributed by atoms with Crippen LogP contribution in [0.25, 0.3) is 0 Å². The fourth-order valence-electron chi connectivity index (χ4n) is 5.58. The molecule has 0 aromatic carbocycles. The van der Waals surface area contributed by atoms with Crippen molar-refractivity contribution in [2.45, 2.75) is 193 Å². The summed E-state index contributed by atoms with van der Waals surface area (Å²) in [5.41, 5.74) is 0. The molecule has 36 heavy (non-hydrogen) atoms. The van der Waals surface area contributed by atoms with Gasteiger partial charge in [-0.1, -0.05) is 142 Å². The van der Waals surface area contributed by atoms with Gasteiger partial charge in [0.2, 0.25) is 11.8 Å². The van der Waals surface area contributed by atoms with Crippen molar-refractivity contribution >= 4 is 11.8 Å². The number of unbranched alkanes of at least 4 members (excludes halogenated alkanes) is 18. The van der Waals surface area contributed by atoms with Gasteiger partial charge in [-0.05, 0) is 25.7 Å². The Morgan fingerprint density at radius 1 is 0.472 bits per heavy atom. The average Bonchev–Trinajstić information content (AvgIpc) is 2.87. The molecule has 1 fully saturated rings. The number of hydrogen-bond donors (Lipinski definition) is 2. The molecule has 0 radical (unpaired) electrons. The third-order valence-electron chi connectivity index (χ3n) is 7.97. The minimum Gasteiger partial charge on any atom is -0.351 e. The smallest absolute Gasteiger partial charge is 0.220 e. The summed E-state index contributed by atoms with van der Waals surface area (Å²) < 4.78 is 0. The van der Waals surface area contributed by atoms with Gasteiger partial charge >= 0.3 is 0 Å². The lowest BCUT2D eigenvalue weighted by atomic mass is 9.90. The molecule has 0 unspecified atom stereocenters. The molecule has 0 spiro atoms. The summed E-state index contributed by atoms with van der Waals surface area (Å²) in [6.45, 7) is 4.53. The second-order valence-electron chi connectivity index (χ2n) is 11.5. The van der Waals surface area contributed by atoms with Crippen LogP contribution >= 0.6 is 0 Å². The van der Waals surface area contributed by atoms with Crippen molar-refractivity contribution in [2.24, 2.45) is 0 Å². The van der Waals surface area contributed by atoms with Gasteiger partial charge in [0.05, 0.1) is 0 Å². The van der Waals surface area contributed by atoms with Crippen LogP contribution in [-0.2, 0) is 9.59 Å². The van der Waals surface area contributed by atoms with Crippen molar-refractivity contribution in [1.82, 2.24) is 10.6 Å². The van der Waals surface area contributed by atoms with E-state index in [-0.39, 0.29) is 23.9 Å². The lowest BCUT2D eigenvalue weighted by Gasteiger charge is -2.33. The highest BCUT2D eigenvalue weighted by Gasteiger charge is 2.27. The summed E-state index contributed by atoms with van der Waals surface area (Å²) in [6.07, 6.45) is 31.3. The molecule has 1 aliphatic carbocycles. The molecule has 2 atom stereocenters. The van der Waals surface area contributed by atoms with Crippen LogP contribution < -0.4 is 10.6 Å². The standard InChI is InChI=1S/C32H62N2O2/c1-3-5-7-9-11-13-15-17-19-21-27-31(35)33-29-25-23-24-26-30(29)34-32(36)28-22-20-18-16-14-12-10-8-6-4-2/h29-30H,3-28H2,1-2H3,(H,33,35)(H,34,36)/t29-,30-/m1/s1. The summed E-state index contributed by atoms with van der Waals surface area (Å²) in [5, 5.41) is 6.52. The largest absolute Gasteiger partial charge is 0.351 e. The molecule has 0 aromatic heterocycles. The summed E-state index contributed by atoms with van der Waals surface area (Å²) >= 11 is 0. The van der Waals surface area contributed by atoms with E-state index in [0.29, 0.717) is 12.8 Å².